The number of carbonyl (C=O) groups excluding carboxylic acids is 3. The van der Waals surface area contributed by atoms with Gasteiger partial charge in [0.2, 0.25) is 5.91 Å². The molecule has 1 atom stereocenters. The molecule has 3 amide bonds. The zero-order chi connectivity index (χ0) is 43.4. The monoisotopic (exact) mass is 782 g/mol. The van der Waals surface area contributed by atoms with Crippen LogP contribution in [-0.2, 0) is 20.2 Å². The molecule has 1 heterocycles. The number of imide groups is 1. The maximum atomic E-state index is 15.4. The second kappa shape index (κ2) is 13.6. The molecule has 3 rings (SSSR count). The van der Waals surface area contributed by atoms with Crippen LogP contribution in [0.15, 0.2) is 0 Å². The molecule has 0 radical (unpaired) electrons. The Bertz CT molecular complexity index is 2060. The molecule has 10 heteroatoms. The highest BCUT2D eigenvalue weighted by Gasteiger charge is 2.64. The van der Waals surface area contributed by atoms with Gasteiger partial charge in [0.1, 0.15) is 11.2 Å². The molecule has 0 spiro atoms. The van der Waals surface area contributed by atoms with Gasteiger partial charge in [-0.2, -0.15) is 0 Å². The van der Waals surface area contributed by atoms with Crippen molar-refractivity contribution < 1.29 is 32.3 Å². The van der Waals surface area contributed by atoms with Crippen molar-refractivity contribution >= 4 is 33.2 Å². The Morgan fingerprint density at radius 1 is 0.582 bits per heavy atom. The van der Waals surface area contributed by atoms with Gasteiger partial charge in [0.25, 0.3) is 11.8 Å². The summed E-state index contributed by atoms with van der Waals surface area (Å²) in [7, 11) is -4.17. The molecule has 0 bridgehead atoms. The van der Waals surface area contributed by atoms with Gasteiger partial charge in [-0.1, -0.05) is 41.5 Å². The second-order valence-corrected chi connectivity index (χ2v) is 24.1. The minimum Gasteiger partial charge on any atom is -0.484 e. The Hall–Kier alpha value is -3.40. The first-order valence-electron chi connectivity index (χ1n) is 19.3. The molecule has 1 aliphatic heterocycles. The molecule has 2 aromatic rings. The third-order valence-electron chi connectivity index (χ3n) is 12.5. The van der Waals surface area contributed by atoms with E-state index in [0.717, 1.165) is 10.5 Å². The van der Waals surface area contributed by atoms with Crippen molar-refractivity contribution in [2.75, 3.05) is 5.32 Å². The van der Waals surface area contributed by atoms with Gasteiger partial charge in [-0.05, 0) is 151 Å². The number of sulfone groups is 1. The third kappa shape index (κ3) is 7.23. The van der Waals surface area contributed by atoms with Gasteiger partial charge in [0.15, 0.2) is 21.3 Å². The van der Waals surface area contributed by atoms with E-state index in [0.29, 0.717) is 44.9 Å². The van der Waals surface area contributed by atoms with Crippen molar-refractivity contribution in [1.29, 1.82) is 0 Å². The highest BCUT2D eigenvalue weighted by Crippen LogP contribution is 2.56. The van der Waals surface area contributed by atoms with E-state index in [4.69, 9.17) is 9.47 Å². The summed E-state index contributed by atoms with van der Waals surface area (Å²) in [4.78, 5) is 45.4. The number of rotatable bonds is 8. The molecule has 2 aromatic carbocycles. The number of anilines is 1. The fourth-order valence-electron chi connectivity index (χ4n) is 7.31. The van der Waals surface area contributed by atoms with Crippen LogP contribution in [0.4, 0.5) is 5.69 Å². The Balaban J connectivity index is 2.71. The van der Waals surface area contributed by atoms with E-state index in [1.165, 1.54) is 0 Å². The molecule has 0 unspecified atom stereocenters. The first-order valence-corrected chi connectivity index (χ1v) is 20.8. The number of benzene rings is 2. The SMILES string of the molecule is Cc1c(C)c(NC(=O)C(C)(C)C)c2c(c1C)C(=O)N([C@](C)(c1c(C)c(C)c(OC(C)(C)C)c(OC(C)(C)C(C)(C)C)c1C)C(C)(C)S(=O)(=O)C(C)(C)C)C2=O. The Morgan fingerprint density at radius 2 is 1.04 bits per heavy atom. The van der Waals surface area contributed by atoms with Crippen molar-refractivity contribution in [2.24, 2.45) is 10.8 Å². The van der Waals surface area contributed by atoms with Crippen LogP contribution in [-0.4, -0.2) is 51.7 Å². The summed E-state index contributed by atoms with van der Waals surface area (Å²) in [5, 5.41) is 2.99. The van der Waals surface area contributed by atoms with E-state index in [2.05, 4.69) is 26.1 Å². The predicted molar refractivity (Wildman–Crippen MR) is 225 cm³/mol. The number of fused-ring (bicyclic) bond motifs is 1. The number of nitrogens with one attached hydrogen (secondary N) is 1. The van der Waals surface area contributed by atoms with Crippen molar-refractivity contribution in [3.63, 3.8) is 0 Å². The molecule has 0 aromatic heterocycles. The normalized spacial score (nSPS) is 15.9. The van der Waals surface area contributed by atoms with Gasteiger partial charge < -0.3 is 14.8 Å². The molecule has 1 aliphatic rings. The topological polar surface area (TPSA) is 119 Å². The lowest BCUT2D eigenvalue weighted by atomic mass is 9.73. The number of hydrogen-bond acceptors (Lipinski definition) is 7. The lowest BCUT2D eigenvalue weighted by Crippen LogP contribution is -2.65. The Labute approximate surface area is 332 Å². The quantitative estimate of drug-likeness (QED) is 0.265. The molecule has 0 saturated heterocycles. The first-order chi connectivity index (χ1) is 24.2. The van der Waals surface area contributed by atoms with Crippen LogP contribution >= 0.6 is 0 Å². The molecule has 55 heavy (non-hydrogen) atoms. The van der Waals surface area contributed by atoms with E-state index < -0.39 is 53.3 Å². The number of hydrogen-bond donors (Lipinski definition) is 1. The van der Waals surface area contributed by atoms with Gasteiger partial charge in [-0.3, -0.25) is 19.3 Å². The lowest BCUT2D eigenvalue weighted by Gasteiger charge is -2.52. The molecular formula is C45H70N2O7S. The number of amides is 3. The minimum atomic E-state index is -4.17. The Kier molecular flexibility index (Phi) is 11.4. The van der Waals surface area contributed by atoms with Gasteiger partial charge >= 0.3 is 0 Å². The first kappa shape index (κ1) is 46.0. The number of carbonyl (C=O) groups is 3. The van der Waals surface area contributed by atoms with E-state index in [9.17, 15) is 4.79 Å². The van der Waals surface area contributed by atoms with Crippen LogP contribution in [0.1, 0.15) is 177 Å². The fraction of sp³-hybridized carbons (Fsp3) is 0.667. The van der Waals surface area contributed by atoms with Crippen LogP contribution in [0.25, 0.3) is 0 Å². The van der Waals surface area contributed by atoms with Crippen LogP contribution in [0, 0.1) is 52.4 Å². The van der Waals surface area contributed by atoms with Crippen molar-refractivity contribution in [2.45, 2.75) is 185 Å². The van der Waals surface area contributed by atoms with Crippen molar-refractivity contribution in [1.82, 2.24) is 4.90 Å². The zero-order valence-corrected chi connectivity index (χ0v) is 39.0. The van der Waals surface area contributed by atoms with E-state index in [1.807, 2.05) is 69.2 Å². The van der Waals surface area contributed by atoms with Crippen LogP contribution < -0.4 is 14.8 Å². The smallest absolute Gasteiger partial charge is 0.264 e. The third-order valence-corrected chi connectivity index (χ3v) is 15.8. The standard InChI is InChI=1S/C45H70N2O7S/c1-24-25(2)30-31(33(27(24)4)46-38(50)39(7,8)9)37(49)47(36(30)48)45(23,44(21,22)55(51,52)42(16,17)18)32-26(3)28(5)34(53-41(13,14)15)35(29(32)6)54-43(19,20)40(10,11)12/h1-23H3,(H,46,50)/t45-/m1/s1. The summed E-state index contributed by atoms with van der Waals surface area (Å²) in [6.45, 7) is 42.4. The van der Waals surface area contributed by atoms with E-state index in [1.54, 1.807) is 69.2 Å². The summed E-state index contributed by atoms with van der Waals surface area (Å²) in [5.41, 5.74) is 0.495. The highest BCUT2D eigenvalue weighted by atomic mass is 32.2. The van der Waals surface area contributed by atoms with Crippen LogP contribution in [0.2, 0.25) is 0 Å². The molecule has 0 aliphatic carbocycles. The van der Waals surface area contributed by atoms with Gasteiger partial charge in [-0.15, -0.1) is 0 Å². The largest absolute Gasteiger partial charge is 0.484 e. The summed E-state index contributed by atoms with van der Waals surface area (Å²) < 4.78 is 40.8. The highest BCUT2D eigenvalue weighted by molar-refractivity contribution is 7.94. The van der Waals surface area contributed by atoms with E-state index in [-0.39, 0.29) is 28.1 Å². The molecule has 0 saturated carbocycles. The van der Waals surface area contributed by atoms with Crippen molar-refractivity contribution in [3.8, 4) is 11.5 Å². The predicted octanol–water partition coefficient (Wildman–Crippen LogP) is 10.4. The van der Waals surface area contributed by atoms with Crippen LogP contribution in [0.5, 0.6) is 11.5 Å². The average molecular weight is 783 g/mol. The fourth-order valence-corrected chi connectivity index (χ4v) is 9.56. The molecular weight excluding hydrogens is 713 g/mol. The molecule has 9 nitrogen and oxygen atoms in total. The number of ether oxygens (including phenoxy) is 2. The second-order valence-electron chi connectivity index (χ2n) is 20.8. The molecule has 1 N–H and O–H groups in total. The zero-order valence-electron chi connectivity index (χ0n) is 38.2. The van der Waals surface area contributed by atoms with Gasteiger partial charge in [0.05, 0.1) is 31.8 Å². The van der Waals surface area contributed by atoms with Gasteiger partial charge in [-0.25, -0.2) is 8.42 Å². The van der Waals surface area contributed by atoms with E-state index >= 15 is 18.0 Å². The lowest BCUT2D eigenvalue weighted by molar-refractivity contribution is -0.123. The van der Waals surface area contributed by atoms with Crippen molar-refractivity contribution in [3.05, 3.63) is 50.1 Å². The maximum Gasteiger partial charge on any atom is 0.264 e. The van der Waals surface area contributed by atoms with Gasteiger partial charge in [0, 0.05) is 16.4 Å². The molecule has 0 fully saturated rings. The maximum absolute atomic E-state index is 15.4. The summed E-state index contributed by atoms with van der Waals surface area (Å²) >= 11 is 0. The summed E-state index contributed by atoms with van der Waals surface area (Å²) in [6.07, 6.45) is 0. The minimum absolute atomic E-state index is 0.0587. The summed E-state index contributed by atoms with van der Waals surface area (Å²) in [6, 6.07) is 0. The number of nitrogens with zero attached hydrogens (tertiary/aromatic N) is 1. The summed E-state index contributed by atoms with van der Waals surface area (Å²) in [5.74, 6) is -0.701. The Morgan fingerprint density at radius 3 is 1.45 bits per heavy atom. The molecule has 308 valence electrons. The average Bonchev–Trinajstić information content (AvgIpc) is 3.25. The van der Waals surface area contributed by atoms with Crippen LogP contribution in [0.3, 0.4) is 0 Å².